The Bertz CT molecular complexity index is 607. The van der Waals surface area contributed by atoms with E-state index in [1.807, 2.05) is 6.92 Å². The number of amides is 1. The number of nitrogens with zero attached hydrogens (tertiary/aromatic N) is 2. The van der Waals surface area contributed by atoms with Crippen LogP contribution < -0.4 is 5.73 Å². The number of carbonyl (C=O) groups is 2. The molecule has 0 aliphatic carbocycles. The Kier molecular flexibility index (Phi) is 9.66. The molecule has 1 rings (SSSR count). The highest BCUT2D eigenvalue weighted by Crippen LogP contribution is 2.13. The first-order valence-electron chi connectivity index (χ1n) is 7.18. The number of ether oxygens (including phenoxy) is 1. The van der Waals surface area contributed by atoms with Crippen molar-refractivity contribution in [2.45, 2.75) is 19.7 Å². The van der Waals surface area contributed by atoms with Crippen molar-refractivity contribution in [1.82, 2.24) is 4.90 Å². The van der Waals surface area contributed by atoms with Gasteiger partial charge in [-0.25, -0.2) is 9.59 Å². The molecule has 0 unspecified atom stereocenters. The van der Waals surface area contributed by atoms with Gasteiger partial charge in [-0.3, -0.25) is 10.1 Å². The molecule has 0 bridgehead atoms. The average molecular weight is 381 g/mol. The lowest BCUT2D eigenvalue weighted by molar-refractivity contribution is -0.384. The smallest absolute Gasteiger partial charge is 0.475 e. The van der Waals surface area contributed by atoms with Gasteiger partial charge in [0, 0.05) is 31.8 Å². The molecule has 0 aliphatic rings. The van der Waals surface area contributed by atoms with Crippen LogP contribution in [0.5, 0.6) is 0 Å². The van der Waals surface area contributed by atoms with Crippen LogP contribution in [0.15, 0.2) is 24.3 Å². The number of carboxylic acids is 1. The number of likely N-dealkylation sites (N-methyl/N-ethyl adjacent to an activating group) is 1. The molecule has 0 saturated heterocycles. The molecular formula is C14H18F3N3O6. The number of nitro benzene ring substituents is 1. The minimum atomic E-state index is -5.08. The fourth-order valence-electron chi connectivity index (χ4n) is 1.48. The van der Waals surface area contributed by atoms with Gasteiger partial charge in [-0.15, -0.1) is 0 Å². The number of non-ortho nitro benzene ring substituents is 1. The summed E-state index contributed by atoms with van der Waals surface area (Å²) in [5.74, 6) is -2.76. The number of hydrogen-bond acceptors (Lipinski definition) is 6. The van der Waals surface area contributed by atoms with Gasteiger partial charge in [0.05, 0.1) is 4.92 Å². The van der Waals surface area contributed by atoms with E-state index in [9.17, 15) is 28.1 Å². The minimum absolute atomic E-state index is 0.00777. The summed E-state index contributed by atoms with van der Waals surface area (Å²) in [6, 6.07) is 5.87. The summed E-state index contributed by atoms with van der Waals surface area (Å²) in [5, 5.41) is 17.6. The van der Waals surface area contributed by atoms with Crippen molar-refractivity contribution in [2.24, 2.45) is 5.73 Å². The van der Waals surface area contributed by atoms with Crippen LogP contribution in [0, 0.1) is 10.1 Å². The summed E-state index contributed by atoms with van der Waals surface area (Å²) in [4.78, 5) is 32.0. The number of rotatable bonds is 6. The molecule has 0 radical (unpaired) electrons. The van der Waals surface area contributed by atoms with E-state index in [1.165, 1.54) is 17.0 Å². The first-order chi connectivity index (χ1) is 12.0. The van der Waals surface area contributed by atoms with Crippen molar-refractivity contribution in [2.75, 3.05) is 19.6 Å². The molecule has 1 aromatic rings. The second kappa shape index (κ2) is 10.9. The predicted molar refractivity (Wildman–Crippen MR) is 83.3 cm³/mol. The lowest BCUT2D eigenvalue weighted by Crippen LogP contribution is -2.35. The van der Waals surface area contributed by atoms with Crippen LogP contribution in [-0.4, -0.2) is 52.8 Å². The zero-order chi connectivity index (χ0) is 20.3. The summed E-state index contributed by atoms with van der Waals surface area (Å²) in [6.07, 6.45) is -5.52. The van der Waals surface area contributed by atoms with E-state index in [0.717, 1.165) is 0 Å². The van der Waals surface area contributed by atoms with Crippen LogP contribution in [0.4, 0.5) is 23.7 Å². The lowest BCUT2D eigenvalue weighted by atomic mass is 10.2. The van der Waals surface area contributed by atoms with Gasteiger partial charge in [0.25, 0.3) is 5.69 Å². The standard InChI is InChI=1S/C12H17N3O4.C2HF3O2/c1-2-14(8-7-13)12(16)19-9-10-3-5-11(6-4-10)15(17)18;3-2(4,5)1(6)7/h3-6H,2,7-9,13H2,1H3;(H,6,7). The molecule has 9 nitrogen and oxygen atoms in total. The molecule has 0 saturated carbocycles. The van der Waals surface area contributed by atoms with E-state index in [0.29, 0.717) is 25.2 Å². The third-order valence-corrected chi connectivity index (χ3v) is 2.79. The van der Waals surface area contributed by atoms with Gasteiger partial charge in [-0.1, -0.05) is 0 Å². The van der Waals surface area contributed by atoms with Crippen molar-refractivity contribution in [3.05, 3.63) is 39.9 Å². The SMILES string of the molecule is CCN(CCN)C(=O)OCc1ccc([N+](=O)[O-])cc1.O=C(O)C(F)(F)F. The molecule has 26 heavy (non-hydrogen) atoms. The Labute approximate surface area is 146 Å². The zero-order valence-corrected chi connectivity index (χ0v) is 13.7. The number of carboxylic acid groups (broad SMARTS) is 1. The molecular weight excluding hydrogens is 363 g/mol. The average Bonchev–Trinajstić information content (AvgIpc) is 2.57. The Morgan fingerprint density at radius 3 is 2.15 bits per heavy atom. The number of hydrogen-bond donors (Lipinski definition) is 2. The van der Waals surface area contributed by atoms with Crippen LogP contribution in [0.3, 0.4) is 0 Å². The fraction of sp³-hybridized carbons (Fsp3) is 0.429. The van der Waals surface area contributed by atoms with Gasteiger partial charge in [0.1, 0.15) is 6.61 Å². The summed E-state index contributed by atoms with van der Waals surface area (Å²) in [5.41, 5.74) is 6.09. The van der Waals surface area contributed by atoms with Gasteiger partial charge < -0.3 is 20.5 Å². The Hall–Kier alpha value is -2.89. The van der Waals surface area contributed by atoms with Crippen LogP contribution >= 0.6 is 0 Å². The molecule has 1 aromatic carbocycles. The predicted octanol–water partition coefficient (Wildman–Crippen LogP) is 2.15. The Balaban J connectivity index is 0.000000758. The molecule has 3 N–H and O–H groups in total. The minimum Gasteiger partial charge on any atom is -0.475 e. The fourth-order valence-corrected chi connectivity index (χ4v) is 1.48. The molecule has 0 spiro atoms. The van der Waals surface area contributed by atoms with Gasteiger partial charge in [-0.05, 0) is 24.6 Å². The highest BCUT2D eigenvalue weighted by Gasteiger charge is 2.38. The van der Waals surface area contributed by atoms with Gasteiger partial charge in [-0.2, -0.15) is 13.2 Å². The summed E-state index contributed by atoms with van der Waals surface area (Å²) in [6.45, 7) is 3.26. The maximum atomic E-state index is 11.7. The third kappa shape index (κ3) is 8.82. The molecule has 0 aliphatic heterocycles. The molecule has 0 atom stereocenters. The second-order valence-corrected chi connectivity index (χ2v) is 4.65. The van der Waals surface area contributed by atoms with Crippen molar-refractivity contribution >= 4 is 17.7 Å². The topological polar surface area (TPSA) is 136 Å². The third-order valence-electron chi connectivity index (χ3n) is 2.79. The van der Waals surface area contributed by atoms with Gasteiger partial charge >= 0.3 is 18.2 Å². The second-order valence-electron chi connectivity index (χ2n) is 4.65. The number of nitro groups is 1. The van der Waals surface area contributed by atoms with Crippen molar-refractivity contribution in [3.8, 4) is 0 Å². The van der Waals surface area contributed by atoms with E-state index in [1.54, 1.807) is 12.1 Å². The monoisotopic (exact) mass is 381 g/mol. The van der Waals surface area contributed by atoms with Crippen LogP contribution in [0.25, 0.3) is 0 Å². The molecule has 0 aromatic heterocycles. The normalized spacial score (nSPS) is 10.3. The number of halogens is 3. The highest BCUT2D eigenvalue weighted by molar-refractivity contribution is 5.73. The maximum Gasteiger partial charge on any atom is 0.490 e. The van der Waals surface area contributed by atoms with Crippen molar-refractivity contribution in [1.29, 1.82) is 0 Å². The van der Waals surface area contributed by atoms with Gasteiger partial charge in [0.2, 0.25) is 0 Å². The van der Waals surface area contributed by atoms with Crippen LogP contribution in [-0.2, 0) is 16.1 Å². The number of alkyl halides is 3. The summed E-state index contributed by atoms with van der Waals surface area (Å²) >= 11 is 0. The number of carbonyl (C=O) groups excluding carboxylic acids is 1. The zero-order valence-electron chi connectivity index (χ0n) is 13.7. The Morgan fingerprint density at radius 1 is 1.31 bits per heavy atom. The molecule has 12 heteroatoms. The van der Waals surface area contributed by atoms with E-state index in [2.05, 4.69) is 0 Å². The van der Waals surface area contributed by atoms with Gasteiger partial charge in [0.15, 0.2) is 0 Å². The van der Waals surface area contributed by atoms with Crippen molar-refractivity contribution < 1.29 is 37.5 Å². The number of benzene rings is 1. The Morgan fingerprint density at radius 2 is 1.81 bits per heavy atom. The van der Waals surface area contributed by atoms with Crippen LogP contribution in [0.1, 0.15) is 12.5 Å². The quantitative estimate of drug-likeness (QED) is 0.569. The first-order valence-corrected chi connectivity index (χ1v) is 7.18. The molecule has 0 fully saturated rings. The molecule has 0 heterocycles. The maximum absolute atomic E-state index is 11.7. The number of nitrogens with two attached hydrogens (primary N) is 1. The van der Waals surface area contributed by atoms with Crippen LogP contribution in [0.2, 0.25) is 0 Å². The largest absolute Gasteiger partial charge is 0.490 e. The van der Waals surface area contributed by atoms with E-state index < -0.39 is 23.2 Å². The lowest BCUT2D eigenvalue weighted by Gasteiger charge is -2.19. The van der Waals surface area contributed by atoms with E-state index in [4.69, 9.17) is 20.4 Å². The summed E-state index contributed by atoms with van der Waals surface area (Å²) < 4.78 is 36.8. The van der Waals surface area contributed by atoms with E-state index in [-0.39, 0.29) is 12.3 Å². The number of aliphatic carboxylic acids is 1. The molecule has 1 amide bonds. The first kappa shape index (κ1) is 23.1. The highest BCUT2D eigenvalue weighted by atomic mass is 19.4. The van der Waals surface area contributed by atoms with E-state index >= 15 is 0 Å². The molecule has 146 valence electrons. The summed E-state index contributed by atoms with van der Waals surface area (Å²) in [7, 11) is 0. The van der Waals surface area contributed by atoms with Crippen molar-refractivity contribution in [3.63, 3.8) is 0 Å².